The molecule has 2 aliphatic rings. The van der Waals surface area contributed by atoms with E-state index >= 15 is 0 Å². The van der Waals surface area contributed by atoms with E-state index < -0.39 is 0 Å². The molecule has 1 spiro atoms. The van der Waals surface area contributed by atoms with Gasteiger partial charge in [0, 0.05) is 37.0 Å². The van der Waals surface area contributed by atoms with Crippen LogP contribution in [0.5, 0.6) is 0 Å². The van der Waals surface area contributed by atoms with Crippen LogP contribution < -0.4 is 16.0 Å². The number of hydrogen-bond donors (Lipinski definition) is 3. The maximum Gasteiger partial charge on any atom is 0.144 e. The van der Waals surface area contributed by atoms with Crippen LogP contribution in [0.4, 0.5) is 15.9 Å². The van der Waals surface area contributed by atoms with Crippen molar-refractivity contribution in [3.8, 4) is 0 Å². The summed E-state index contributed by atoms with van der Waals surface area (Å²) in [5.74, 6) is 1.32. The zero-order valence-electron chi connectivity index (χ0n) is 14.4. The van der Waals surface area contributed by atoms with Gasteiger partial charge in [0.2, 0.25) is 0 Å². The number of hydrogen-bond acceptors (Lipinski definition) is 5. The molecule has 25 heavy (non-hydrogen) atoms. The van der Waals surface area contributed by atoms with Crippen LogP contribution in [-0.2, 0) is 0 Å². The van der Waals surface area contributed by atoms with Crippen LogP contribution in [0, 0.1) is 18.2 Å². The first-order chi connectivity index (χ1) is 12.0. The number of anilines is 2. The fraction of sp³-hybridized carbons (Fsp3) is 0.444. The highest BCUT2D eigenvalue weighted by atomic mass is 19.1. The highest BCUT2D eigenvalue weighted by Crippen LogP contribution is 2.49. The van der Waals surface area contributed by atoms with Crippen LogP contribution in [0.2, 0.25) is 0 Å². The van der Waals surface area contributed by atoms with E-state index in [2.05, 4.69) is 20.2 Å². The largest absolute Gasteiger partial charge is 0.386 e. The Hall–Kier alpha value is -2.41. The second-order valence-electron chi connectivity index (χ2n) is 7.43. The van der Waals surface area contributed by atoms with Crippen LogP contribution in [0.25, 0.3) is 21.9 Å². The molecule has 7 heteroatoms. The summed E-state index contributed by atoms with van der Waals surface area (Å²) in [7, 11) is 1.79. The minimum atomic E-state index is -0.273. The molecule has 4 N–H and O–H groups in total. The molecule has 0 radical (unpaired) electrons. The number of benzene rings is 1. The van der Waals surface area contributed by atoms with E-state index in [1.54, 1.807) is 13.1 Å². The highest BCUT2D eigenvalue weighted by molar-refractivity contribution is 6.14. The quantitative estimate of drug-likeness (QED) is 0.668. The van der Waals surface area contributed by atoms with E-state index in [9.17, 15) is 4.39 Å². The number of nitrogens with two attached hydrogens (primary N) is 1. The molecule has 0 bridgehead atoms. The molecule has 1 saturated carbocycles. The Morgan fingerprint density at radius 1 is 1.36 bits per heavy atom. The Balaban J connectivity index is 1.70. The molecule has 1 aliphatic carbocycles. The van der Waals surface area contributed by atoms with Crippen molar-refractivity contribution in [1.29, 1.82) is 0 Å². The van der Waals surface area contributed by atoms with Crippen molar-refractivity contribution in [2.75, 3.05) is 30.4 Å². The van der Waals surface area contributed by atoms with Crippen LogP contribution in [0.15, 0.2) is 12.1 Å². The summed E-state index contributed by atoms with van der Waals surface area (Å²) < 4.78 is 14.1. The molecular formula is C18H21FN6. The predicted octanol–water partition coefficient (Wildman–Crippen LogP) is 2.53. The van der Waals surface area contributed by atoms with Crippen LogP contribution in [-0.4, -0.2) is 41.1 Å². The standard InChI is InChI=1S/C18H21FN6/c1-9-22-16-14(11-5-10(19)6-12(21-2)15(11)24-16)17(23-9)25-7-18(8-25)4-3-13(18)20/h5-6,13,21H,3-4,7-8,20H2,1-2H3,(H,22,23,24). The number of aromatic nitrogens is 3. The lowest BCUT2D eigenvalue weighted by Gasteiger charge is -2.60. The van der Waals surface area contributed by atoms with Gasteiger partial charge >= 0.3 is 0 Å². The minimum Gasteiger partial charge on any atom is -0.386 e. The molecule has 2 aromatic heterocycles. The third-order valence-corrected chi connectivity index (χ3v) is 5.94. The zero-order chi connectivity index (χ0) is 17.3. The van der Waals surface area contributed by atoms with Gasteiger partial charge in [0.15, 0.2) is 0 Å². The van der Waals surface area contributed by atoms with Gasteiger partial charge in [-0.15, -0.1) is 0 Å². The minimum absolute atomic E-state index is 0.249. The average molecular weight is 340 g/mol. The third-order valence-electron chi connectivity index (χ3n) is 5.94. The van der Waals surface area contributed by atoms with Gasteiger partial charge < -0.3 is 20.9 Å². The van der Waals surface area contributed by atoms with E-state index in [0.717, 1.165) is 53.0 Å². The van der Waals surface area contributed by atoms with Gasteiger partial charge in [-0.1, -0.05) is 0 Å². The topological polar surface area (TPSA) is 82.9 Å². The molecule has 130 valence electrons. The second kappa shape index (κ2) is 4.82. The second-order valence-corrected chi connectivity index (χ2v) is 7.43. The summed E-state index contributed by atoms with van der Waals surface area (Å²) in [5.41, 5.74) is 8.78. The van der Waals surface area contributed by atoms with Gasteiger partial charge in [-0.2, -0.15) is 0 Å². The number of fused-ring (bicyclic) bond motifs is 3. The normalized spacial score (nSPS) is 21.6. The van der Waals surface area contributed by atoms with Crippen molar-refractivity contribution in [1.82, 2.24) is 15.0 Å². The molecule has 2 fully saturated rings. The fourth-order valence-corrected chi connectivity index (χ4v) is 4.35. The smallest absolute Gasteiger partial charge is 0.144 e. The van der Waals surface area contributed by atoms with E-state index in [1.165, 1.54) is 12.5 Å². The first-order valence-corrected chi connectivity index (χ1v) is 8.69. The SMILES string of the molecule is CNc1cc(F)cc2c1[nH]c1nc(C)nc(N3CC4(CCC4N)C3)c12. The molecule has 1 atom stereocenters. The van der Waals surface area contributed by atoms with E-state index in [0.29, 0.717) is 11.9 Å². The molecular weight excluding hydrogens is 319 g/mol. The van der Waals surface area contributed by atoms with Gasteiger partial charge in [0.25, 0.3) is 0 Å². The maximum absolute atomic E-state index is 14.1. The van der Waals surface area contributed by atoms with Crippen LogP contribution in [0.1, 0.15) is 18.7 Å². The molecule has 3 heterocycles. The average Bonchev–Trinajstić information content (AvgIpc) is 2.89. The van der Waals surface area contributed by atoms with Crippen molar-refractivity contribution in [3.63, 3.8) is 0 Å². The first-order valence-electron chi connectivity index (χ1n) is 8.69. The van der Waals surface area contributed by atoms with Gasteiger partial charge in [-0.05, 0) is 31.9 Å². The lowest BCUT2D eigenvalue weighted by molar-refractivity contribution is 0.0560. The molecule has 3 aromatic rings. The summed E-state index contributed by atoms with van der Waals surface area (Å²) in [6.07, 6.45) is 2.29. The van der Waals surface area contributed by atoms with E-state index in [4.69, 9.17) is 10.7 Å². The summed E-state index contributed by atoms with van der Waals surface area (Å²) in [6, 6.07) is 3.34. The zero-order valence-corrected chi connectivity index (χ0v) is 14.4. The van der Waals surface area contributed by atoms with Crippen molar-refractivity contribution < 1.29 is 4.39 Å². The Morgan fingerprint density at radius 3 is 2.80 bits per heavy atom. The maximum atomic E-state index is 14.1. The van der Waals surface area contributed by atoms with Crippen molar-refractivity contribution >= 4 is 33.4 Å². The van der Waals surface area contributed by atoms with Gasteiger partial charge in [-0.3, -0.25) is 0 Å². The molecule has 1 aliphatic heterocycles. The van der Waals surface area contributed by atoms with Crippen molar-refractivity contribution in [2.45, 2.75) is 25.8 Å². The van der Waals surface area contributed by atoms with E-state index in [-0.39, 0.29) is 11.2 Å². The number of rotatable bonds is 2. The molecule has 1 aromatic carbocycles. The molecule has 6 nitrogen and oxygen atoms in total. The fourth-order valence-electron chi connectivity index (χ4n) is 4.35. The van der Waals surface area contributed by atoms with Gasteiger partial charge in [0.1, 0.15) is 23.1 Å². The lowest BCUT2D eigenvalue weighted by atomic mass is 9.60. The number of aryl methyl sites for hydroxylation is 1. The van der Waals surface area contributed by atoms with Crippen molar-refractivity contribution in [2.24, 2.45) is 11.1 Å². The summed E-state index contributed by atoms with van der Waals surface area (Å²) >= 11 is 0. The predicted molar refractivity (Wildman–Crippen MR) is 97.5 cm³/mol. The molecule has 1 unspecified atom stereocenters. The van der Waals surface area contributed by atoms with Crippen LogP contribution >= 0.6 is 0 Å². The number of halogens is 1. The highest BCUT2D eigenvalue weighted by Gasteiger charge is 2.53. The van der Waals surface area contributed by atoms with Gasteiger partial charge in [0.05, 0.1) is 16.6 Å². The lowest BCUT2D eigenvalue weighted by Crippen LogP contribution is -2.69. The molecule has 5 rings (SSSR count). The third kappa shape index (κ3) is 1.93. The van der Waals surface area contributed by atoms with Crippen molar-refractivity contribution in [3.05, 3.63) is 23.8 Å². The summed E-state index contributed by atoms with van der Waals surface area (Å²) in [5, 5.41) is 4.75. The monoisotopic (exact) mass is 340 g/mol. The Labute approximate surface area is 144 Å². The molecule has 1 saturated heterocycles. The summed E-state index contributed by atoms with van der Waals surface area (Å²) in [6.45, 7) is 3.72. The van der Waals surface area contributed by atoms with E-state index in [1.807, 2.05) is 6.92 Å². The molecule has 0 amide bonds. The number of aromatic amines is 1. The Morgan fingerprint density at radius 2 is 2.16 bits per heavy atom. The van der Waals surface area contributed by atoms with Gasteiger partial charge in [-0.25, -0.2) is 14.4 Å². The number of nitrogens with zero attached hydrogens (tertiary/aromatic N) is 3. The number of H-pyrrole nitrogens is 1. The number of nitrogens with one attached hydrogen (secondary N) is 2. The summed E-state index contributed by atoms with van der Waals surface area (Å²) in [4.78, 5) is 14.8. The Kier molecular flexibility index (Phi) is 2.87. The van der Waals surface area contributed by atoms with Crippen LogP contribution in [0.3, 0.4) is 0 Å². The Bertz CT molecular complexity index is 1000. The first kappa shape index (κ1) is 14.9.